The van der Waals surface area contributed by atoms with Crippen molar-refractivity contribution in [3.8, 4) is 0 Å². The Kier molecular flexibility index (Phi) is 3.14. The summed E-state index contributed by atoms with van der Waals surface area (Å²) in [6.45, 7) is 7.96. The molecule has 1 aliphatic rings. The fourth-order valence-electron chi connectivity index (χ4n) is 2.79. The average molecular weight is 257 g/mol. The molecule has 0 saturated heterocycles. The lowest BCUT2D eigenvalue weighted by Crippen LogP contribution is -2.29. The van der Waals surface area contributed by atoms with Gasteiger partial charge in [0.05, 0.1) is 6.04 Å². The Bertz CT molecular complexity index is 532. The minimum absolute atomic E-state index is 0.281. The fraction of sp³-hybridized carbons (Fsp3) is 0.529. The van der Waals surface area contributed by atoms with Crippen molar-refractivity contribution < 1.29 is 4.42 Å². The Morgan fingerprint density at radius 3 is 2.58 bits per heavy atom. The van der Waals surface area contributed by atoms with Crippen LogP contribution in [0.4, 0.5) is 0 Å². The van der Waals surface area contributed by atoms with Gasteiger partial charge in [0.2, 0.25) is 0 Å². The quantitative estimate of drug-likeness (QED) is 0.852. The molecule has 0 bridgehead atoms. The molecule has 3 rings (SSSR count). The fourth-order valence-corrected chi connectivity index (χ4v) is 2.79. The van der Waals surface area contributed by atoms with E-state index >= 15 is 0 Å². The molecule has 1 unspecified atom stereocenters. The largest absolute Gasteiger partial charge is 0.459 e. The SMILES string of the molecule is CC(NCC1(C(C)C)CC1)c1cc2ccccc2o1. The number of benzene rings is 1. The molecule has 2 nitrogen and oxygen atoms in total. The number of para-hydroxylation sites is 1. The van der Waals surface area contributed by atoms with Crippen molar-refractivity contribution in [3.63, 3.8) is 0 Å². The van der Waals surface area contributed by atoms with E-state index in [0.717, 1.165) is 23.8 Å². The minimum atomic E-state index is 0.281. The molecule has 0 radical (unpaired) electrons. The first kappa shape index (κ1) is 12.7. The molecule has 1 aliphatic carbocycles. The van der Waals surface area contributed by atoms with Gasteiger partial charge < -0.3 is 9.73 Å². The van der Waals surface area contributed by atoms with Crippen molar-refractivity contribution in [3.05, 3.63) is 36.1 Å². The van der Waals surface area contributed by atoms with Crippen molar-refractivity contribution in [1.29, 1.82) is 0 Å². The van der Waals surface area contributed by atoms with Gasteiger partial charge in [-0.25, -0.2) is 0 Å². The summed E-state index contributed by atoms with van der Waals surface area (Å²) in [7, 11) is 0. The lowest BCUT2D eigenvalue weighted by atomic mass is 9.92. The molecule has 1 heterocycles. The van der Waals surface area contributed by atoms with E-state index in [2.05, 4.69) is 44.3 Å². The van der Waals surface area contributed by atoms with Gasteiger partial charge in [-0.05, 0) is 43.2 Å². The number of furan rings is 1. The van der Waals surface area contributed by atoms with Crippen LogP contribution in [0.1, 0.15) is 45.4 Å². The molecule has 1 atom stereocenters. The van der Waals surface area contributed by atoms with Gasteiger partial charge in [0, 0.05) is 11.9 Å². The summed E-state index contributed by atoms with van der Waals surface area (Å²) >= 11 is 0. The van der Waals surface area contributed by atoms with Crippen molar-refractivity contribution in [1.82, 2.24) is 5.32 Å². The summed E-state index contributed by atoms with van der Waals surface area (Å²) in [6.07, 6.45) is 2.73. The van der Waals surface area contributed by atoms with E-state index in [0.29, 0.717) is 5.41 Å². The standard InChI is InChI=1S/C17H23NO/c1-12(2)17(8-9-17)11-18-13(3)16-10-14-6-4-5-7-15(14)19-16/h4-7,10,12-13,18H,8-9,11H2,1-3H3. The number of rotatable bonds is 5. The van der Waals surface area contributed by atoms with Crippen molar-refractivity contribution >= 4 is 11.0 Å². The maximum atomic E-state index is 5.91. The highest BCUT2D eigenvalue weighted by Gasteiger charge is 2.45. The summed E-state index contributed by atoms with van der Waals surface area (Å²) in [5, 5.41) is 4.84. The third-order valence-corrected chi connectivity index (χ3v) is 4.75. The van der Waals surface area contributed by atoms with E-state index in [4.69, 9.17) is 4.42 Å². The summed E-state index contributed by atoms with van der Waals surface area (Å²) < 4.78 is 5.91. The van der Waals surface area contributed by atoms with E-state index in [1.54, 1.807) is 0 Å². The summed E-state index contributed by atoms with van der Waals surface area (Å²) in [6, 6.07) is 10.6. The summed E-state index contributed by atoms with van der Waals surface area (Å²) in [5.41, 5.74) is 1.52. The molecular weight excluding hydrogens is 234 g/mol. The Labute approximate surface area is 115 Å². The smallest absolute Gasteiger partial charge is 0.134 e. The molecular formula is C17H23NO. The molecule has 0 spiro atoms. The Morgan fingerprint density at radius 1 is 1.21 bits per heavy atom. The van der Waals surface area contributed by atoms with Crippen LogP contribution in [0.3, 0.4) is 0 Å². The molecule has 0 aliphatic heterocycles. The Balaban J connectivity index is 1.68. The van der Waals surface area contributed by atoms with Crippen LogP contribution in [0.25, 0.3) is 11.0 Å². The lowest BCUT2D eigenvalue weighted by molar-refractivity contribution is 0.315. The van der Waals surface area contributed by atoms with Crippen LogP contribution in [0.2, 0.25) is 0 Å². The van der Waals surface area contributed by atoms with Crippen LogP contribution in [0.5, 0.6) is 0 Å². The first-order valence-electron chi connectivity index (χ1n) is 7.33. The van der Waals surface area contributed by atoms with Crippen LogP contribution in [0.15, 0.2) is 34.7 Å². The highest BCUT2D eigenvalue weighted by atomic mass is 16.3. The zero-order valence-corrected chi connectivity index (χ0v) is 12.1. The maximum Gasteiger partial charge on any atom is 0.134 e. The van der Waals surface area contributed by atoms with Gasteiger partial charge in [-0.3, -0.25) is 0 Å². The second-order valence-corrected chi connectivity index (χ2v) is 6.31. The van der Waals surface area contributed by atoms with Crippen LogP contribution in [-0.2, 0) is 0 Å². The van der Waals surface area contributed by atoms with Gasteiger partial charge >= 0.3 is 0 Å². The van der Waals surface area contributed by atoms with Crippen LogP contribution < -0.4 is 5.32 Å². The first-order valence-corrected chi connectivity index (χ1v) is 7.33. The third-order valence-electron chi connectivity index (χ3n) is 4.75. The highest BCUT2D eigenvalue weighted by molar-refractivity contribution is 5.77. The van der Waals surface area contributed by atoms with Crippen LogP contribution in [0, 0.1) is 11.3 Å². The molecule has 19 heavy (non-hydrogen) atoms. The van der Waals surface area contributed by atoms with Crippen molar-refractivity contribution in [2.24, 2.45) is 11.3 Å². The molecule has 1 saturated carbocycles. The first-order chi connectivity index (χ1) is 9.11. The maximum absolute atomic E-state index is 5.91. The second kappa shape index (κ2) is 4.68. The number of nitrogens with one attached hydrogen (secondary N) is 1. The third kappa shape index (κ3) is 2.42. The molecule has 2 heteroatoms. The van der Waals surface area contributed by atoms with E-state index in [1.807, 2.05) is 12.1 Å². The highest BCUT2D eigenvalue weighted by Crippen LogP contribution is 2.51. The van der Waals surface area contributed by atoms with Crippen molar-refractivity contribution in [2.75, 3.05) is 6.54 Å². The van der Waals surface area contributed by atoms with Crippen LogP contribution in [-0.4, -0.2) is 6.54 Å². The zero-order valence-electron chi connectivity index (χ0n) is 12.1. The number of hydrogen-bond donors (Lipinski definition) is 1. The molecule has 0 amide bonds. The Hall–Kier alpha value is -1.28. The molecule has 1 N–H and O–H groups in total. The molecule has 1 fully saturated rings. The van der Waals surface area contributed by atoms with Crippen molar-refractivity contribution in [2.45, 2.75) is 39.7 Å². The predicted molar refractivity (Wildman–Crippen MR) is 79.1 cm³/mol. The van der Waals surface area contributed by atoms with Gasteiger partial charge in [0.25, 0.3) is 0 Å². The monoisotopic (exact) mass is 257 g/mol. The Morgan fingerprint density at radius 2 is 1.95 bits per heavy atom. The summed E-state index contributed by atoms with van der Waals surface area (Å²) in [5.74, 6) is 1.81. The van der Waals surface area contributed by atoms with Gasteiger partial charge in [-0.1, -0.05) is 32.0 Å². The molecule has 102 valence electrons. The van der Waals surface area contributed by atoms with E-state index in [9.17, 15) is 0 Å². The average Bonchev–Trinajstić information content (AvgIpc) is 3.07. The normalized spacial score (nSPS) is 18.9. The number of hydrogen-bond acceptors (Lipinski definition) is 2. The van der Waals surface area contributed by atoms with E-state index in [1.165, 1.54) is 18.2 Å². The van der Waals surface area contributed by atoms with E-state index in [-0.39, 0.29) is 6.04 Å². The topological polar surface area (TPSA) is 25.2 Å². The zero-order chi connectivity index (χ0) is 13.5. The minimum Gasteiger partial charge on any atom is -0.459 e. The molecule has 1 aromatic heterocycles. The molecule has 2 aromatic rings. The summed E-state index contributed by atoms with van der Waals surface area (Å²) in [4.78, 5) is 0. The van der Waals surface area contributed by atoms with Crippen LogP contribution >= 0.6 is 0 Å². The van der Waals surface area contributed by atoms with Gasteiger partial charge in [0.1, 0.15) is 11.3 Å². The lowest BCUT2D eigenvalue weighted by Gasteiger charge is -2.22. The number of fused-ring (bicyclic) bond motifs is 1. The predicted octanol–water partition coefficient (Wildman–Crippen LogP) is 4.52. The van der Waals surface area contributed by atoms with Gasteiger partial charge in [-0.15, -0.1) is 0 Å². The second-order valence-electron chi connectivity index (χ2n) is 6.31. The van der Waals surface area contributed by atoms with Gasteiger partial charge in [0.15, 0.2) is 0 Å². The van der Waals surface area contributed by atoms with E-state index < -0.39 is 0 Å². The van der Waals surface area contributed by atoms with Gasteiger partial charge in [-0.2, -0.15) is 0 Å². The molecule has 1 aromatic carbocycles.